The van der Waals surface area contributed by atoms with Gasteiger partial charge in [-0.1, -0.05) is 36.4 Å². The van der Waals surface area contributed by atoms with E-state index in [1.54, 1.807) is 0 Å². The van der Waals surface area contributed by atoms with Crippen molar-refractivity contribution in [1.29, 1.82) is 0 Å². The van der Waals surface area contributed by atoms with Crippen LogP contribution in [0.3, 0.4) is 0 Å². The molecule has 0 spiro atoms. The van der Waals surface area contributed by atoms with Crippen LogP contribution in [0.4, 0.5) is 0 Å². The molecule has 4 rings (SSSR count). The molecular weight excluding hydrogens is 240 g/mol. The van der Waals surface area contributed by atoms with E-state index in [4.69, 9.17) is 4.74 Å². The van der Waals surface area contributed by atoms with Gasteiger partial charge < -0.3 is 4.74 Å². The number of fused-ring (bicyclic) bond motifs is 1. The second-order valence-electron chi connectivity index (χ2n) is 5.84. The Morgan fingerprint density at radius 1 is 0.842 bits per heavy atom. The molecule has 3 aliphatic rings. The third kappa shape index (κ3) is 1.14. The number of cyclic esters (lactones) is 2. The van der Waals surface area contributed by atoms with Crippen LogP contribution in [-0.2, 0) is 27.2 Å². The SMILES string of the molecule is O=C1OC(=O)[C@@]23CC=CC[C@]12Cc1ccccc1C3. The Morgan fingerprint density at radius 2 is 1.32 bits per heavy atom. The first kappa shape index (κ1) is 11.0. The Morgan fingerprint density at radius 3 is 1.79 bits per heavy atom. The summed E-state index contributed by atoms with van der Waals surface area (Å²) >= 11 is 0. The second-order valence-corrected chi connectivity index (χ2v) is 5.84. The Labute approximate surface area is 111 Å². The van der Waals surface area contributed by atoms with Crippen LogP contribution >= 0.6 is 0 Å². The summed E-state index contributed by atoms with van der Waals surface area (Å²) in [7, 11) is 0. The summed E-state index contributed by atoms with van der Waals surface area (Å²) in [5.74, 6) is -0.646. The molecule has 1 aromatic carbocycles. The van der Waals surface area contributed by atoms with Crippen molar-refractivity contribution in [3.05, 3.63) is 47.5 Å². The number of rotatable bonds is 0. The number of carbonyl (C=O) groups excluding carboxylic acids is 2. The molecular formula is C16H14O3. The topological polar surface area (TPSA) is 43.4 Å². The summed E-state index contributed by atoms with van der Waals surface area (Å²) in [5.41, 5.74) is 1.04. The van der Waals surface area contributed by atoms with E-state index in [-0.39, 0.29) is 11.9 Å². The first-order valence-corrected chi connectivity index (χ1v) is 6.66. The largest absolute Gasteiger partial charge is 0.392 e. The van der Waals surface area contributed by atoms with Gasteiger partial charge in [0, 0.05) is 0 Å². The van der Waals surface area contributed by atoms with Crippen LogP contribution in [0.15, 0.2) is 36.4 Å². The average Bonchev–Trinajstić information content (AvgIpc) is 2.65. The van der Waals surface area contributed by atoms with E-state index in [1.165, 1.54) is 11.1 Å². The highest BCUT2D eigenvalue weighted by atomic mass is 16.6. The maximum absolute atomic E-state index is 12.3. The lowest BCUT2D eigenvalue weighted by atomic mass is 9.52. The fraction of sp³-hybridized carbons (Fsp3) is 0.375. The van der Waals surface area contributed by atoms with E-state index in [2.05, 4.69) is 12.1 Å². The lowest BCUT2D eigenvalue weighted by Gasteiger charge is -2.45. The molecule has 1 heterocycles. The highest BCUT2D eigenvalue weighted by Gasteiger charge is 2.69. The number of ether oxygens (including phenoxy) is 1. The van der Waals surface area contributed by atoms with Gasteiger partial charge in [-0.25, -0.2) is 0 Å². The normalized spacial score (nSPS) is 35.4. The predicted molar refractivity (Wildman–Crippen MR) is 68.2 cm³/mol. The van der Waals surface area contributed by atoms with Crippen molar-refractivity contribution in [3.63, 3.8) is 0 Å². The van der Waals surface area contributed by atoms with E-state index < -0.39 is 10.8 Å². The van der Waals surface area contributed by atoms with Crippen molar-refractivity contribution in [2.75, 3.05) is 0 Å². The van der Waals surface area contributed by atoms with Crippen LogP contribution in [0.5, 0.6) is 0 Å². The zero-order valence-corrected chi connectivity index (χ0v) is 10.5. The van der Waals surface area contributed by atoms with Crippen molar-refractivity contribution in [2.45, 2.75) is 25.7 Å². The van der Waals surface area contributed by atoms with Gasteiger partial charge in [0.05, 0.1) is 10.8 Å². The molecule has 1 fully saturated rings. The minimum absolute atomic E-state index is 0.323. The fourth-order valence-electron chi connectivity index (χ4n) is 3.98. The number of esters is 2. The molecule has 2 aliphatic carbocycles. The van der Waals surface area contributed by atoms with Crippen molar-refractivity contribution in [2.24, 2.45) is 10.8 Å². The quantitative estimate of drug-likeness (QED) is 0.405. The van der Waals surface area contributed by atoms with Gasteiger partial charge in [-0.15, -0.1) is 0 Å². The van der Waals surface area contributed by atoms with Gasteiger partial charge in [0.2, 0.25) is 0 Å². The average molecular weight is 254 g/mol. The summed E-state index contributed by atoms with van der Waals surface area (Å²) in [6.45, 7) is 0. The molecule has 3 nitrogen and oxygen atoms in total. The maximum atomic E-state index is 12.3. The molecule has 0 N–H and O–H groups in total. The van der Waals surface area contributed by atoms with Crippen molar-refractivity contribution >= 4 is 11.9 Å². The van der Waals surface area contributed by atoms with Crippen molar-refractivity contribution < 1.29 is 14.3 Å². The summed E-state index contributed by atoms with van der Waals surface area (Å²) in [5, 5.41) is 0. The minimum Gasteiger partial charge on any atom is -0.392 e. The summed E-state index contributed by atoms with van der Waals surface area (Å²) in [6.07, 6.45) is 6.52. The van der Waals surface area contributed by atoms with Gasteiger partial charge >= 0.3 is 11.9 Å². The molecule has 0 aromatic heterocycles. The number of hydrogen-bond donors (Lipinski definition) is 0. The monoisotopic (exact) mass is 254 g/mol. The predicted octanol–water partition coefficient (Wildman–Crippen LogP) is 2.19. The summed E-state index contributed by atoms with van der Waals surface area (Å²) < 4.78 is 5.05. The van der Waals surface area contributed by atoms with Gasteiger partial charge in [0.25, 0.3) is 0 Å². The molecule has 0 radical (unpaired) electrons. The van der Waals surface area contributed by atoms with Crippen LogP contribution in [0.25, 0.3) is 0 Å². The molecule has 0 unspecified atom stereocenters. The third-order valence-corrected chi connectivity index (χ3v) is 5.09. The number of allylic oxidation sites excluding steroid dienone is 2. The summed E-state index contributed by atoms with van der Waals surface area (Å²) in [4.78, 5) is 24.6. The third-order valence-electron chi connectivity index (χ3n) is 5.09. The molecule has 0 saturated carbocycles. The van der Waals surface area contributed by atoms with E-state index in [0.717, 1.165) is 0 Å². The molecule has 1 aromatic rings. The Balaban J connectivity index is 1.97. The lowest BCUT2D eigenvalue weighted by molar-refractivity contribution is -0.155. The van der Waals surface area contributed by atoms with E-state index in [9.17, 15) is 9.59 Å². The van der Waals surface area contributed by atoms with E-state index in [0.29, 0.717) is 25.7 Å². The van der Waals surface area contributed by atoms with Gasteiger partial charge in [-0.05, 0) is 36.8 Å². The van der Waals surface area contributed by atoms with E-state index in [1.807, 2.05) is 24.3 Å². The molecule has 19 heavy (non-hydrogen) atoms. The molecule has 3 heteroatoms. The zero-order valence-electron chi connectivity index (χ0n) is 10.5. The summed E-state index contributed by atoms with van der Waals surface area (Å²) in [6, 6.07) is 8.09. The van der Waals surface area contributed by atoms with Crippen LogP contribution in [0, 0.1) is 10.8 Å². The smallest absolute Gasteiger partial charge is 0.321 e. The Bertz CT molecular complexity index is 578. The first-order chi connectivity index (χ1) is 9.18. The highest BCUT2D eigenvalue weighted by Crippen LogP contribution is 2.60. The van der Waals surface area contributed by atoms with E-state index >= 15 is 0 Å². The van der Waals surface area contributed by atoms with Crippen LogP contribution in [-0.4, -0.2) is 11.9 Å². The van der Waals surface area contributed by atoms with Crippen LogP contribution in [0.2, 0.25) is 0 Å². The Hall–Kier alpha value is -1.90. The van der Waals surface area contributed by atoms with Crippen LogP contribution in [0.1, 0.15) is 24.0 Å². The maximum Gasteiger partial charge on any atom is 0.321 e. The standard InChI is InChI=1S/C16H14O3/c17-13-15-7-3-4-8-16(15,14(18)19-13)10-12-6-2-1-5-11(12)9-15/h1-6H,7-10H2/t15-,16-/m0/s1. The molecule has 1 saturated heterocycles. The first-order valence-electron chi connectivity index (χ1n) is 6.66. The highest BCUT2D eigenvalue weighted by molar-refractivity contribution is 6.03. The van der Waals surface area contributed by atoms with Gasteiger partial charge in [0.15, 0.2) is 0 Å². The van der Waals surface area contributed by atoms with Crippen molar-refractivity contribution in [1.82, 2.24) is 0 Å². The second kappa shape index (κ2) is 3.35. The number of carbonyl (C=O) groups is 2. The molecule has 1 aliphatic heterocycles. The van der Waals surface area contributed by atoms with Gasteiger partial charge in [-0.2, -0.15) is 0 Å². The molecule has 96 valence electrons. The molecule has 0 bridgehead atoms. The van der Waals surface area contributed by atoms with Gasteiger partial charge in [0.1, 0.15) is 0 Å². The van der Waals surface area contributed by atoms with Gasteiger partial charge in [-0.3, -0.25) is 9.59 Å². The lowest BCUT2D eigenvalue weighted by Crippen LogP contribution is -2.51. The number of hydrogen-bond acceptors (Lipinski definition) is 3. The fourth-order valence-corrected chi connectivity index (χ4v) is 3.98. The molecule has 0 amide bonds. The zero-order chi connectivity index (χ0) is 13.1. The Kier molecular flexibility index (Phi) is 1.93. The molecule has 2 atom stereocenters. The van der Waals surface area contributed by atoms with Crippen LogP contribution < -0.4 is 0 Å². The number of benzene rings is 1. The minimum atomic E-state index is -0.660. The van der Waals surface area contributed by atoms with Crippen molar-refractivity contribution in [3.8, 4) is 0 Å².